The number of aromatic nitrogens is 1. The van der Waals surface area contributed by atoms with Gasteiger partial charge in [0.1, 0.15) is 0 Å². The first-order valence-electron chi connectivity index (χ1n) is 1.95. The maximum Gasteiger partial charge on any atom is 0.0401 e. The standard InChI is InChI=1S/C5H4IN.HI/c6-5-2-1-3-7-4-5;/h1-4H;1H. The van der Waals surface area contributed by atoms with Gasteiger partial charge >= 0.3 is 0 Å². The summed E-state index contributed by atoms with van der Waals surface area (Å²) < 4.78 is 1.18. The minimum absolute atomic E-state index is 0. The predicted octanol–water partition coefficient (Wildman–Crippen LogP) is 2.30. The molecule has 44 valence electrons. The van der Waals surface area contributed by atoms with E-state index in [9.17, 15) is 0 Å². The predicted molar refractivity (Wildman–Crippen MR) is 52.4 cm³/mol. The summed E-state index contributed by atoms with van der Waals surface area (Å²) in [4.78, 5) is 3.88. The van der Waals surface area contributed by atoms with Gasteiger partial charge in [0.2, 0.25) is 0 Å². The summed E-state index contributed by atoms with van der Waals surface area (Å²) in [7, 11) is 0. The number of nitrogens with zero attached hydrogens (tertiary/aromatic N) is 1. The third-order valence-electron chi connectivity index (χ3n) is 0.625. The molecule has 0 atom stereocenters. The van der Waals surface area contributed by atoms with E-state index < -0.39 is 0 Å². The van der Waals surface area contributed by atoms with Crippen LogP contribution in [0.4, 0.5) is 0 Å². The molecule has 1 aromatic heterocycles. The lowest BCUT2D eigenvalue weighted by Gasteiger charge is -1.80. The molecule has 1 aromatic rings. The molecule has 0 N–H and O–H groups in total. The van der Waals surface area contributed by atoms with Crippen molar-refractivity contribution >= 4 is 46.6 Å². The highest BCUT2D eigenvalue weighted by Crippen LogP contribution is 1.97. The van der Waals surface area contributed by atoms with Crippen LogP contribution in [0.5, 0.6) is 0 Å². The Labute approximate surface area is 79.1 Å². The zero-order valence-corrected chi connectivity index (χ0v) is 8.53. The second-order valence-electron chi connectivity index (χ2n) is 1.17. The van der Waals surface area contributed by atoms with Gasteiger partial charge in [0.25, 0.3) is 0 Å². The molecule has 0 saturated heterocycles. The normalized spacial score (nSPS) is 7.62. The summed E-state index contributed by atoms with van der Waals surface area (Å²) in [6.07, 6.45) is 3.59. The van der Waals surface area contributed by atoms with Gasteiger partial charge in [-0.15, -0.1) is 24.0 Å². The van der Waals surface area contributed by atoms with Crippen LogP contribution < -0.4 is 0 Å². The average Bonchev–Trinajstić information content (AvgIpc) is 1.69. The van der Waals surface area contributed by atoms with Crippen molar-refractivity contribution < 1.29 is 0 Å². The fraction of sp³-hybridized carbons (Fsp3) is 0. The molecule has 1 rings (SSSR count). The van der Waals surface area contributed by atoms with Crippen molar-refractivity contribution in [3.63, 3.8) is 0 Å². The van der Waals surface area contributed by atoms with Crippen molar-refractivity contribution in [1.82, 2.24) is 4.98 Å². The summed E-state index contributed by atoms with van der Waals surface area (Å²) in [6, 6.07) is 3.93. The van der Waals surface area contributed by atoms with E-state index in [2.05, 4.69) is 27.6 Å². The van der Waals surface area contributed by atoms with Crippen LogP contribution in [0.1, 0.15) is 0 Å². The fourth-order valence-corrected chi connectivity index (χ4v) is 0.710. The van der Waals surface area contributed by atoms with E-state index in [1.807, 2.05) is 18.3 Å². The van der Waals surface area contributed by atoms with E-state index in [1.54, 1.807) is 6.20 Å². The molecular formula is C5H5I2N. The van der Waals surface area contributed by atoms with Gasteiger partial charge in [-0.05, 0) is 34.7 Å². The summed E-state index contributed by atoms with van der Waals surface area (Å²) in [6.45, 7) is 0. The average molecular weight is 333 g/mol. The molecule has 0 aromatic carbocycles. The van der Waals surface area contributed by atoms with Gasteiger partial charge in [-0.3, -0.25) is 4.98 Å². The zero-order chi connectivity index (χ0) is 5.11. The van der Waals surface area contributed by atoms with Crippen LogP contribution in [0.25, 0.3) is 0 Å². The van der Waals surface area contributed by atoms with Crippen LogP contribution in [-0.2, 0) is 0 Å². The zero-order valence-electron chi connectivity index (χ0n) is 4.04. The van der Waals surface area contributed by atoms with Crippen LogP contribution in [0.15, 0.2) is 24.5 Å². The molecule has 0 amide bonds. The van der Waals surface area contributed by atoms with Crippen LogP contribution in [0.3, 0.4) is 0 Å². The van der Waals surface area contributed by atoms with E-state index >= 15 is 0 Å². The molecule has 0 saturated carbocycles. The first-order valence-corrected chi connectivity index (χ1v) is 3.03. The molecule has 0 fully saturated rings. The molecule has 0 aliphatic heterocycles. The lowest BCUT2D eigenvalue weighted by atomic mass is 10.5. The van der Waals surface area contributed by atoms with Gasteiger partial charge in [0, 0.05) is 16.0 Å². The lowest BCUT2D eigenvalue weighted by Crippen LogP contribution is -1.68. The summed E-state index contributed by atoms with van der Waals surface area (Å²) >= 11 is 2.22. The number of rotatable bonds is 0. The van der Waals surface area contributed by atoms with Gasteiger partial charge in [-0.25, -0.2) is 0 Å². The second-order valence-corrected chi connectivity index (χ2v) is 2.42. The van der Waals surface area contributed by atoms with Crippen molar-refractivity contribution in [3.05, 3.63) is 28.1 Å². The highest BCUT2D eigenvalue weighted by molar-refractivity contribution is 14.1. The van der Waals surface area contributed by atoms with Gasteiger partial charge in [-0.1, -0.05) is 0 Å². The van der Waals surface area contributed by atoms with Crippen LogP contribution in [0, 0.1) is 3.57 Å². The van der Waals surface area contributed by atoms with Crippen LogP contribution in [-0.4, -0.2) is 4.98 Å². The molecule has 0 unspecified atom stereocenters. The molecule has 0 bridgehead atoms. The Morgan fingerprint density at radius 2 is 2.25 bits per heavy atom. The van der Waals surface area contributed by atoms with Crippen molar-refractivity contribution in [2.75, 3.05) is 0 Å². The number of hydrogen-bond donors (Lipinski definition) is 0. The third kappa shape index (κ3) is 2.81. The summed E-state index contributed by atoms with van der Waals surface area (Å²) in [5.74, 6) is 0. The smallest absolute Gasteiger partial charge is 0.0401 e. The molecular weight excluding hydrogens is 328 g/mol. The van der Waals surface area contributed by atoms with E-state index in [4.69, 9.17) is 0 Å². The molecule has 3 heteroatoms. The third-order valence-corrected chi connectivity index (χ3v) is 1.26. The molecule has 1 heterocycles. The van der Waals surface area contributed by atoms with Gasteiger partial charge in [0.05, 0.1) is 0 Å². The highest BCUT2D eigenvalue weighted by atomic mass is 127. The molecule has 0 aliphatic carbocycles. The van der Waals surface area contributed by atoms with Crippen LogP contribution >= 0.6 is 46.6 Å². The lowest BCUT2D eigenvalue weighted by molar-refractivity contribution is 1.31. The second kappa shape index (κ2) is 4.49. The van der Waals surface area contributed by atoms with Crippen LogP contribution in [0.2, 0.25) is 0 Å². The molecule has 0 aliphatic rings. The first-order chi connectivity index (χ1) is 3.39. The van der Waals surface area contributed by atoms with Crippen molar-refractivity contribution in [3.8, 4) is 0 Å². The number of halogens is 2. The summed E-state index contributed by atoms with van der Waals surface area (Å²) in [5, 5.41) is 0. The highest BCUT2D eigenvalue weighted by Gasteiger charge is 1.75. The molecule has 1 nitrogen and oxygen atoms in total. The Morgan fingerprint density at radius 1 is 1.50 bits per heavy atom. The van der Waals surface area contributed by atoms with E-state index in [0.717, 1.165) is 0 Å². The van der Waals surface area contributed by atoms with Gasteiger partial charge in [0.15, 0.2) is 0 Å². The monoisotopic (exact) mass is 333 g/mol. The largest absolute Gasteiger partial charge is 0.264 e. The van der Waals surface area contributed by atoms with E-state index in [-0.39, 0.29) is 24.0 Å². The van der Waals surface area contributed by atoms with Crippen molar-refractivity contribution in [2.45, 2.75) is 0 Å². The Hall–Kier alpha value is 0.610. The summed E-state index contributed by atoms with van der Waals surface area (Å²) in [5.41, 5.74) is 0. The van der Waals surface area contributed by atoms with Gasteiger partial charge < -0.3 is 0 Å². The van der Waals surface area contributed by atoms with E-state index in [1.165, 1.54) is 3.57 Å². The minimum Gasteiger partial charge on any atom is -0.264 e. The van der Waals surface area contributed by atoms with Crippen molar-refractivity contribution in [2.24, 2.45) is 0 Å². The number of pyridine rings is 1. The Kier molecular flexibility index (Phi) is 4.83. The Morgan fingerprint density at radius 3 is 2.50 bits per heavy atom. The molecule has 0 spiro atoms. The minimum atomic E-state index is 0. The number of hydrogen-bond acceptors (Lipinski definition) is 1. The topological polar surface area (TPSA) is 12.9 Å². The molecule has 8 heavy (non-hydrogen) atoms. The Balaban J connectivity index is 0.000000490. The first kappa shape index (κ1) is 8.61. The molecule has 0 radical (unpaired) electrons. The van der Waals surface area contributed by atoms with E-state index in [0.29, 0.717) is 0 Å². The Bertz CT molecular complexity index is 140. The SMILES string of the molecule is I.Ic1cccnc1. The maximum absolute atomic E-state index is 3.88. The quantitative estimate of drug-likeness (QED) is 0.664. The van der Waals surface area contributed by atoms with Gasteiger partial charge in [-0.2, -0.15) is 0 Å². The fourth-order valence-electron chi connectivity index (χ4n) is 0.342. The maximum atomic E-state index is 3.88. The van der Waals surface area contributed by atoms with Crippen molar-refractivity contribution in [1.29, 1.82) is 0 Å².